The van der Waals surface area contributed by atoms with Gasteiger partial charge in [-0.2, -0.15) is 5.26 Å². The van der Waals surface area contributed by atoms with E-state index in [1.165, 1.54) is 19.3 Å². The molecule has 3 heteroatoms. The maximum Gasteiger partial charge on any atom is 0.101 e. The van der Waals surface area contributed by atoms with Crippen LogP contribution in [0.15, 0.2) is 18.5 Å². The second-order valence-electron chi connectivity index (χ2n) is 4.24. The molecule has 0 amide bonds. The molecule has 0 aromatic carbocycles. The highest BCUT2D eigenvalue weighted by atomic mass is 14.9. The molecule has 1 aliphatic rings. The molecule has 0 unspecified atom stereocenters. The highest BCUT2D eigenvalue weighted by Crippen LogP contribution is 2.48. The van der Waals surface area contributed by atoms with Crippen molar-refractivity contribution in [2.24, 2.45) is 5.41 Å². The van der Waals surface area contributed by atoms with Gasteiger partial charge in [-0.25, -0.2) is 0 Å². The first kappa shape index (κ1) is 9.97. The predicted octanol–water partition coefficient (Wildman–Crippen LogP) is 2.56. The summed E-state index contributed by atoms with van der Waals surface area (Å²) in [6.07, 6.45) is 7.19. The molecule has 0 atom stereocenters. The second-order valence-corrected chi connectivity index (χ2v) is 4.24. The number of nitriles is 1. The maximum absolute atomic E-state index is 8.90. The highest BCUT2D eigenvalue weighted by Gasteiger charge is 2.40. The van der Waals surface area contributed by atoms with Gasteiger partial charge in [0.25, 0.3) is 0 Å². The van der Waals surface area contributed by atoms with Crippen LogP contribution in [0.4, 0.5) is 5.69 Å². The van der Waals surface area contributed by atoms with E-state index in [0.29, 0.717) is 11.0 Å². The number of pyridine rings is 1. The Labute approximate surface area is 90.1 Å². The number of nitrogens with zero attached hydrogens (tertiary/aromatic N) is 2. The molecule has 78 valence electrons. The summed E-state index contributed by atoms with van der Waals surface area (Å²) in [5, 5.41) is 12.2. The van der Waals surface area contributed by atoms with Gasteiger partial charge in [0.1, 0.15) is 6.07 Å². The third-order valence-corrected chi connectivity index (χ3v) is 3.30. The molecule has 1 aliphatic carbocycles. The molecule has 1 fully saturated rings. The largest absolute Gasteiger partial charge is 0.382 e. The van der Waals surface area contributed by atoms with E-state index in [1.54, 1.807) is 18.5 Å². The van der Waals surface area contributed by atoms with E-state index in [1.807, 2.05) is 0 Å². The Balaban J connectivity index is 2.02. The van der Waals surface area contributed by atoms with Crippen LogP contribution in [0.5, 0.6) is 0 Å². The van der Waals surface area contributed by atoms with E-state index in [2.05, 4.69) is 23.3 Å². The van der Waals surface area contributed by atoms with Crippen LogP contribution >= 0.6 is 0 Å². The lowest BCUT2D eigenvalue weighted by Gasteiger charge is -2.14. The Bertz CT molecular complexity index is 388. The van der Waals surface area contributed by atoms with Gasteiger partial charge in [-0.15, -0.1) is 0 Å². The van der Waals surface area contributed by atoms with E-state index in [9.17, 15) is 0 Å². The number of rotatable bonds is 4. The fourth-order valence-corrected chi connectivity index (χ4v) is 1.75. The molecule has 0 saturated heterocycles. The van der Waals surface area contributed by atoms with E-state index in [4.69, 9.17) is 5.26 Å². The number of nitrogens with one attached hydrogen (secondary N) is 1. The summed E-state index contributed by atoms with van der Waals surface area (Å²) in [7, 11) is 0. The van der Waals surface area contributed by atoms with Crippen LogP contribution in [-0.2, 0) is 0 Å². The first-order chi connectivity index (χ1) is 7.29. The normalized spacial score (nSPS) is 16.8. The molecule has 1 N–H and O–H groups in total. The maximum atomic E-state index is 8.90. The van der Waals surface area contributed by atoms with E-state index in [0.717, 1.165) is 12.2 Å². The monoisotopic (exact) mass is 201 g/mol. The Kier molecular flexibility index (Phi) is 2.59. The quantitative estimate of drug-likeness (QED) is 0.814. The van der Waals surface area contributed by atoms with Crippen LogP contribution < -0.4 is 5.32 Å². The summed E-state index contributed by atoms with van der Waals surface area (Å²) in [4.78, 5) is 4.03. The van der Waals surface area contributed by atoms with Crippen LogP contribution in [0.1, 0.15) is 31.7 Å². The van der Waals surface area contributed by atoms with Crippen molar-refractivity contribution in [3.05, 3.63) is 24.0 Å². The van der Waals surface area contributed by atoms with Crippen LogP contribution in [0, 0.1) is 16.7 Å². The van der Waals surface area contributed by atoms with Crippen LogP contribution in [0.3, 0.4) is 0 Å². The van der Waals surface area contributed by atoms with Crippen molar-refractivity contribution >= 4 is 5.69 Å². The van der Waals surface area contributed by atoms with Gasteiger partial charge in [0.2, 0.25) is 0 Å². The van der Waals surface area contributed by atoms with Gasteiger partial charge in [0.15, 0.2) is 0 Å². The average Bonchev–Trinajstić information content (AvgIpc) is 3.07. The van der Waals surface area contributed by atoms with Gasteiger partial charge in [-0.3, -0.25) is 4.98 Å². The molecule has 0 bridgehead atoms. The molecule has 1 saturated carbocycles. The SMILES string of the molecule is CCC1(CNc2cnccc2C#N)CC1. The Hall–Kier alpha value is -1.56. The molecule has 2 rings (SSSR count). The Morgan fingerprint density at radius 2 is 2.40 bits per heavy atom. The van der Waals surface area contributed by atoms with Gasteiger partial charge < -0.3 is 5.32 Å². The minimum atomic E-state index is 0.489. The van der Waals surface area contributed by atoms with Crippen LogP contribution in [0.2, 0.25) is 0 Å². The van der Waals surface area contributed by atoms with Crippen molar-refractivity contribution in [3.8, 4) is 6.07 Å². The summed E-state index contributed by atoms with van der Waals surface area (Å²) < 4.78 is 0. The molecule has 15 heavy (non-hydrogen) atoms. The van der Waals surface area contributed by atoms with Crippen molar-refractivity contribution in [2.45, 2.75) is 26.2 Å². The first-order valence-electron chi connectivity index (χ1n) is 5.38. The molecular weight excluding hydrogens is 186 g/mol. The van der Waals surface area contributed by atoms with Gasteiger partial charge in [0, 0.05) is 12.7 Å². The minimum Gasteiger partial charge on any atom is -0.382 e. The smallest absolute Gasteiger partial charge is 0.101 e. The molecule has 1 aromatic rings. The van der Waals surface area contributed by atoms with Crippen molar-refractivity contribution < 1.29 is 0 Å². The lowest BCUT2D eigenvalue weighted by Crippen LogP contribution is -2.15. The lowest BCUT2D eigenvalue weighted by atomic mass is 10.0. The first-order valence-corrected chi connectivity index (χ1v) is 5.38. The molecular formula is C12H15N3. The van der Waals surface area contributed by atoms with E-state index >= 15 is 0 Å². The molecule has 1 aromatic heterocycles. The van der Waals surface area contributed by atoms with Crippen LogP contribution in [-0.4, -0.2) is 11.5 Å². The van der Waals surface area contributed by atoms with Gasteiger partial charge >= 0.3 is 0 Å². The zero-order valence-corrected chi connectivity index (χ0v) is 8.95. The van der Waals surface area contributed by atoms with Gasteiger partial charge in [-0.05, 0) is 30.7 Å². The molecule has 0 radical (unpaired) electrons. The number of aromatic nitrogens is 1. The lowest BCUT2D eigenvalue weighted by molar-refractivity contribution is 0.521. The summed E-state index contributed by atoms with van der Waals surface area (Å²) in [6.45, 7) is 3.19. The fraction of sp³-hybridized carbons (Fsp3) is 0.500. The van der Waals surface area contributed by atoms with Gasteiger partial charge in [0.05, 0.1) is 17.4 Å². The van der Waals surface area contributed by atoms with E-state index < -0.39 is 0 Å². The summed E-state index contributed by atoms with van der Waals surface area (Å²) in [5.74, 6) is 0. The fourth-order valence-electron chi connectivity index (χ4n) is 1.75. The number of hydrogen-bond donors (Lipinski definition) is 1. The predicted molar refractivity (Wildman–Crippen MR) is 59.4 cm³/mol. The van der Waals surface area contributed by atoms with Gasteiger partial charge in [-0.1, -0.05) is 6.92 Å². The summed E-state index contributed by atoms with van der Waals surface area (Å²) >= 11 is 0. The zero-order valence-electron chi connectivity index (χ0n) is 8.95. The van der Waals surface area contributed by atoms with E-state index in [-0.39, 0.29) is 0 Å². The van der Waals surface area contributed by atoms with Crippen LogP contribution in [0.25, 0.3) is 0 Å². The molecule has 1 heterocycles. The molecule has 0 spiro atoms. The zero-order chi connectivity index (χ0) is 10.7. The van der Waals surface area contributed by atoms with Crippen molar-refractivity contribution in [2.75, 3.05) is 11.9 Å². The second kappa shape index (κ2) is 3.90. The summed E-state index contributed by atoms with van der Waals surface area (Å²) in [6, 6.07) is 3.91. The molecule has 3 nitrogen and oxygen atoms in total. The van der Waals surface area contributed by atoms with Crippen molar-refractivity contribution in [1.29, 1.82) is 5.26 Å². The van der Waals surface area contributed by atoms with Crippen molar-refractivity contribution in [3.63, 3.8) is 0 Å². The Morgan fingerprint density at radius 1 is 1.60 bits per heavy atom. The Morgan fingerprint density at radius 3 is 3.00 bits per heavy atom. The number of anilines is 1. The molecule has 0 aliphatic heterocycles. The topological polar surface area (TPSA) is 48.7 Å². The third kappa shape index (κ3) is 2.10. The highest BCUT2D eigenvalue weighted by molar-refractivity contribution is 5.55. The minimum absolute atomic E-state index is 0.489. The number of hydrogen-bond acceptors (Lipinski definition) is 3. The van der Waals surface area contributed by atoms with Crippen molar-refractivity contribution in [1.82, 2.24) is 4.98 Å². The average molecular weight is 201 g/mol. The summed E-state index contributed by atoms with van der Waals surface area (Å²) in [5.41, 5.74) is 2.03. The standard InChI is InChI=1S/C12H15N3/c1-2-12(4-5-12)9-15-11-8-14-6-3-10(11)7-13/h3,6,8,15H,2,4-5,9H2,1H3. The third-order valence-electron chi connectivity index (χ3n) is 3.30.